The number of nitrogens with two attached hydrogens (primary N) is 1. The molecule has 0 aliphatic carbocycles. The minimum absolute atomic E-state index is 0.345. The molecule has 0 amide bonds. The summed E-state index contributed by atoms with van der Waals surface area (Å²) in [4.78, 5) is 1.22. The molecule has 3 N–H and O–H groups in total. The van der Waals surface area contributed by atoms with Gasteiger partial charge in [0.1, 0.15) is 0 Å². The molecule has 0 aromatic heterocycles. The van der Waals surface area contributed by atoms with Crippen molar-refractivity contribution in [1.29, 1.82) is 0 Å². The van der Waals surface area contributed by atoms with Crippen LogP contribution in [0.3, 0.4) is 0 Å². The topological polar surface area (TPSA) is 38.0 Å². The quantitative estimate of drug-likeness (QED) is 0.753. The van der Waals surface area contributed by atoms with Crippen LogP contribution in [0, 0.1) is 0 Å². The molecule has 70 valence electrons. The first-order valence-electron chi connectivity index (χ1n) is 4.19. The third-order valence-electron chi connectivity index (χ3n) is 2.05. The van der Waals surface area contributed by atoms with Gasteiger partial charge in [-0.15, -0.1) is 11.8 Å². The fraction of sp³-hybridized carbons (Fsp3) is 0.333. The number of anilines is 1. The van der Waals surface area contributed by atoms with E-state index in [1.54, 1.807) is 0 Å². The van der Waals surface area contributed by atoms with E-state index < -0.39 is 0 Å². The molecule has 0 bridgehead atoms. The number of hydrogen-bond acceptors (Lipinski definition) is 3. The normalized spacial score (nSPS) is 20.6. The van der Waals surface area contributed by atoms with Crippen LogP contribution in [-0.2, 0) is 0 Å². The smallest absolute Gasteiger partial charge is 0.0670 e. The van der Waals surface area contributed by atoms with Crippen LogP contribution < -0.4 is 11.1 Å². The summed E-state index contributed by atoms with van der Waals surface area (Å²) in [6.45, 7) is 0.650. The first-order valence-corrected chi connectivity index (χ1v) is 5.55. The van der Waals surface area contributed by atoms with Gasteiger partial charge in [0.25, 0.3) is 0 Å². The molecule has 1 heterocycles. The summed E-state index contributed by atoms with van der Waals surface area (Å²) in [7, 11) is 0. The zero-order valence-corrected chi connectivity index (χ0v) is 8.66. The van der Waals surface area contributed by atoms with Crippen LogP contribution in [0.5, 0.6) is 0 Å². The predicted octanol–water partition coefficient (Wildman–Crippen LogP) is 2.18. The number of thioether (sulfide) groups is 1. The van der Waals surface area contributed by atoms with Crippen LogP contribution in [0.25, 0.3) is 0 Å². The fourth-order valence-electron chi connectivity index (χ4n) is 1.33. The average molecular weight is 215 g/mol. The standard InChI is InChI=1S/C9H11ClN2S/c10-7-2-1-3-8-9(7)12-6(4-11)5-13-8/h1-3,6,12H,4-5,11H2. The van der Waals surface area contributed by atoms with Gasteiger partial charge in [-0.05, 0) is 12.1 Å². The Balaban J connectivity index is 2.32. The van der Waals surface area contributed by atoms with Gasteiger partial charge in [0, 0.05) is 23.2 Å². The van der Waals surface area contributed by atoms with Crippen molar-refractivity contribution in [3.8, 4) is 0 Å². The molecule has 2 nitrogen and oxygen atoms in total. The van der Waals surface area contributed by atoms with Gasteiger partial charge in [0.2, 0.25) is 0 Å². The van der Waals surface area contributed by atoms with Crippen molar-refractivity contribution in [3.05, 3.63) is 23.2 Å². The van der Waals surface area contributed by atoms with E-state index in [9.17, 15) is 0 Å². The highest BCUT2D eigenvalue weighted by atomic mass is 35.5. The van der Waals surface area contributed by atoms with E-state index in [1.807, 2.05) is 23.9 Å². The second-order valence-corrected chi connectivity index (χ2v) is 4.47. The zero-order valence-electron chi connectivity index (χ0n) is 7.09. The fourth-order valence-corrected chi connectivity index (χ4v) is 2.70. The second kappa shape index (κ2) is 3.78. The number of para-hydroxylation sites is 1. The predicted molar refractivity (Wildman–Crippen MR) is 58.6 cm³/mol. The SMILES string of the molecule is NCC1CSc2cccc(Cl)c2N1. The van der Waals surface area contributed by atoms with Crippen LogP contribution >= 0.6 is 23.4 Å². The third-order valence-corrected chi connectivity index (χ3v) is 3.58. The Labute approximate surface area is 86.8 Å². The summed E-state index contributed by atoms with van der Waals surface area (Å²) in [6.07, 6.45) is 0. The summed E-state index contributed by atoms with van der Waals surface area (Å²) >= 11 is 7.86. The largest absolute Gasteiger partial charge is 0.378 e. The van der Waals surface area contributed by atoms with E-state index in [4.69, 9.17) is 17.3 Å². The van der Waals surface area contributed by atoms with E-state index in [0.29, 0.717) is 12.6 Å². The number of fused-ring (bicyclic) bond motifs is 1. The van der Waals surface area contributed by atoms with Gasteiger partial charge in [-0.2, -0.15) is 0 Å². The molecule has 4 heteroatoms. The van der Waals surface area contributed by atoms with Crippen molar-refractivity contribution >= 4 is 29.1 Å². The van der Waals surface area contributed by atoms with Crippen molar-refractivity contribution in [2.24, 2.45) is 5.73 Å². The van der Waals surface area contributed by atoms with E-state index in [2.05, 4.69) is 11.4 Å². The van der Waals surface area contributed by atoms with Gasteiger partial charge in [0.05, 0.1) is 10.7 Å². The van der Waals surface area contributed by atoms with Crippen LogP contribution in [0.4, 0.5) is 5.69 Å². The van der Waals surface area contributed by atoms with Gasteiger partial charge in [-0.3, -0.25) is 0 Å². The lowest BCUT2D eigenvalue weighted by molar-refractivity contribution is 0.803. The number of halogens is 1. The molecular formula is C9H11ClN2S. The summed E-state index contributed by atoms with van der Waals surface area (Å²) in [5, 5.41) is 4.12. The van der Waals surface area contributed by atoms with E-state index in [-0.39, 0.29) is 0 Å². The van der Waals surface area contributed by atoms with E-state index >= 15 is 0 Å². The van der Waals surface area contributed by atoms with Crippen LogP contribution in [-0.4, -0.2) is 18.3 Å². The maximum absolute atomic E-state index is 6.05. The van der Waals surface area contributed by atoms with E-state index in [1.165, 1.54) is 4.90 Å². The third kappa shape index (κ3) is 1.77. The lowest BCUT2D eigenvalue weighted by Gasteiger charge is -2.26. The summed E-state index contributed by atoms with van der Waals surface area (Å²) in [5.41, 5.74) is 6.63. The lowest BCUT2D eigenvalue weighted by Crippen LogP contribution is -2.33. The van der Waals surface area contributed by atoms with Gasteiger partial charge in [-0.1, -0.05) is 17.7 Å². The van der Waals surface area contributed by atoms with Gasteiger partial charge in [-0.25, -0.2) is 0 Å². The maximum Gasteiger partial charge on any atom is 0.0670 e. The summed E-state index contributed by atoms with van der Waals surface area (Å²) in [6, 6.07) is 6.29. The Hall–Kier alpha value is -0.380. The van der Waals surface area contributed by atoms with Gasteiger partial charge >= 0.3 is 0 Å². The molecule has 0 saturated heterocycles. The Kier molecular flexibility index (Phi) is 2.67. The van der Waals surface area contributed by atoms with Gasteiger partial charge in [0.15, 0.2) is 0 Å². The molecule has 2 rings (SSSR count). The van der Waals surface area contributed by atoms with Crippen LogP contribution in [0.15, 0.2) is 23.1 Å². The van der Waals surface area contributed by atoms with Crippen molar-refractivity contribution in [2.75, 3.05) is 17.6 Å². The van der Waals surface area contributed by atoms with Gasteiger partial charge < -0.3 is 11.1 Å². The Morgan fingerprint density at radius 2 is 2.46 bits per heavy atom. The molecule has 1 aromatic carbocycles. The number of benzene rings is 1. The van der Waals surface area contributed by atoms with Crippen molar-refractivity contribution in [2.45, 2.75) is 10.9 Å². The molecule has 1 aliphatic rings. The van der Waals surface area contributed by atoms with Crippen molar-refractivity contribution in [3.63, 3.8) is 0 Å². The molecule has 1 atom stereocenters. The molecule has 0 fully saturated rings. The highest BCUT2D eigenvalue weighted by Crippen LogP contribution is 2.37. The first-order chi connectivity index (χ1) is 6.31. The highest BCUT2D eigenvalue weighted by molar-refractivity contribution is 7.99. The monoisotopic (exact) mass is 214 g/mol. The minimum Gasteiger partial charge on any atom is -0.378 e. The number of rotatable bonds is 1. The molecule has 1 aliphatic heterocycles. The maximum atomic E-state index is 6.05. The Bertz CT molecular complexity index is 316. The van der Waals surface area contributed by atoms with E-state index in [0.717, 1.165) is 16.5 Å². The summed E-state index contributed by atoms with van der Waals surface area (Å²) < 4.78 is 0. The molecule has 0 spiro atoms. The minimum atomic E-state index is 0.345. The number of nitrogens with one attached hydrogen (secondary N) is 1. The molecule has 0 saturated carbocycles. The first kappa shape index (κ1) is 9.19. The molecule has 13 heavy (non-hydrogen) atoms. The van der Waals surface area contributed by atoms with Crippen LogP contribution in [0.1, 0.15) is 0 Å². The van der Waals surface area contributed by atoms with Crippen molar-refractivity contribution in [1.82, 2.24) is 0 Å². The summed E-state index contributed by atoms with van der Waals surface area (Å²) in [5.74, 6) is 1.02. The average Bonchev–Trinajstić information content (AvgIpc) is 2.18. The van der Waals surface area contributed by atoms with Crippen molar-refractivity contribution < 1.29 is 0 Å². The van der Waals surface area contributed by atoms with Crippen LogP contribution in [0.2, 0.25) is 5.02 Å². The Morgan fingerprint density at radius 3 is 3.23 bits per heavy atom. The lowest BCUT2D eigenvalue weighted by atomic mass is 10.2. The molecular weight excluding hydrogens is 204 g/mol. The Morgan fingerprint density at radius 1 is 1.62 bits per heavy atom. The second-order valence-electron chi connectivity index (χ2n) is 3.00. The highest BCUT2D eigenvalue weighted by Gasteiger charge is 2.18. The zero-order chi connectivity index (χ0) is 9.26. The number of hydrogen-bond donors (Lipinski definition) is 2. The molecule has 1 aromatic rings. The molecule has 1 unspecified atom stereocenters. The molecule has 0 radical (unpaired) electrons.